The second-order valence-electron chi connectivity index (χ2n) is 14.4. The minimum absolute atomic E-state index is 0.633. The fraction of sp³-hybridized carbons (Fsp3) is 0. The molecule has 0 amide bonds. The van der Waals surface area contributed by atoms with E-state index in [1.807, 2.05) is 48.5 Å². The zero-order valence-electron chi connectivity index (χ0n) is 30.4. The Bertz CT molecular complexity index is 3470. The third-order valence-corrected chi connectivity index (χ3v) is 12.2. The Kier molecular flexibility index (Phi) is 7.03. The molecule has 0 aliphatic rings. The number of furan rings is 1. The molecule has 0 radical (unpaired) electrons. The molecule has 0 aliphatic carbocycles. The summed E-state index contributed by atoms with van der Waals surface area (Å²) in [7, 11) is 0. The molecule has 0 unspecified atom stereocenters. The van der Waals surface area contributed by atoms with Gasteiger partial charge in [0.2, 0.25) is 0 Å². The highest BCUT2D eigenvalue weighted by atomic mass is 32.1. The topological polar surface area (TPSA) is 56.7 Å². The average molecular weight is 747 g/mol. The van der Waals surface area contributed by atoms with E-state index in [4.69, 9.17) is 19.4 Å². The van der Waals surface area contributed by atoms with Gasteiger partial charge in [0.15, 0.2) is 17.5 Å². The second kappa shape index (κ2) is 12.6. The van der Waals surface area contributed by atoms with Crippen LogP contribution < -0.4 is 0 Å². The van der Waals surface area contributed by atoms with E-state index in [1.54, 1.807) is 11.3 Å². The molecule has 12 rings (SSSR count). The molecule has 0 fully saturated rings. The number of aromatic nitrogens is 4. The third-order valence-electron chi connectivity index (χ3n) is 11.0. The van der Waals surface area contributed by atoms with Gasteiger partial charge in [-0.25, -0.2) is 15.0 Å². The molecule has 4 heterocycles. The second-order valence-corrected chi connectivity index (χ2v) is 15.5. The van der Waals surface area contributed by atoms with Gasteiger partial charge in [0.05, 0.1) is 16.7 Å². The van der Waals surface area contributed by atoms with Crippen molar-refractivity contribution in [3.8, 4) is 51.0 Å². The van der Waals surface area contributed by atoms with E-state index in [9.17, 15) is 0 Å². The number of hydrogen-bond donors (Lipinski definition) is 0. The number of para-hydroxylation sites is 2. The van der Waals surface area contributed by atoms with Crippen molar-refractivity contribution in [2.45, 2.75) is 0 Å². The van der Waals surface area contributed by atoms with Gasteiger partial charge >= 0.3 is 0 Å². The number of hydrogen-bond acceptors (Lipinski definition) is 5. The van der Waals surface area contributed by atoms with E-state index >= 15 is 0 Å². The first-order valence-electron chi connectivity index (χ1n) is 19.0. The van der Waals surface area contributed by atoms with Gasteiger partial charge in [0.1, 0.15) is 11.2 Å². The van der Waals surface area contributed by atoms with Crippen molar-refractivity contribution in [3.05, 3.63) is 182 Å². The molecule has 12 aromatic rings. The van der Waals surface area contributed by atoms with Gasteiger partial charge in [0.25, 0.3) is 0 Å². The molecule has 5 nitrogen and oxygen atoms in total. The predicted molar refractivity (Wildman–Crippen MR) is 236 cm³/mol. The molecule has 0 saturated heterocycles. The van der Waals surface area contributed by atoms with Crippen LogP contribution in [-0.4, -0.2) is 19.5 Å². The van der Waals surface area contributed by atoms with Gasteiger partial charge in [-0.3, -0.25) is 0 Å². The molecule has 0 aliphatic heterocycles. The third kappa shape index (κ3) is 5.12. The van der Waals surface area contributed by atoms with Gasteiger partial charge in [-0.05, 0) is 65.7 Å². The van der Waals surface area contributed by atoms with Crippen molar-refractivity contribution in [1.29, 1.82) is 0 Å². The minimum atomic E-state index is 0.633. The molecule has 57 heavy (non-hydrogen) atoms. The summed E-state index contributed by atoms with van der Waals surface area (Å²) >= 11 is 1.80. The molecule has 0 bridgehead atoms. The van der Waals surface area contributed by atoms with Crippen LogP contribution in [0.3, 0.4) is 0 Å². The lowest BCUT2D eigenvalue weighted by Gasteiger charge is -2.14. The number of nitrogens with zero attached hydrogens (tertiary/aromatic N) is 4. The average Bonchev–Trinajstić information content (AvgIpc) is 3.95. The normalized spacial score (nSPS) is 11.9. The van der Waals surface area contributed by atoms with Gasteiger partial charge in [-0.15, -0.1) is 11.3 Å². The van der Waals surface area contributed by atoms with Gasteiger partial charge in [0, 0.05) is 58.4 Å². The van der Waals surface area contributed by atoms with Gasteiger partial charge in [-0.1, -0.05) is 127 Å². The largest absolute Gasteiger partial charge is 0.456 e. The summed E-state index contributed by atoms with van der Waals surface area (Å²) in [5.41, 5.74) is 10.3. The minimum Gasteiger partial charge on any atom is -0.456 e. The fourth-order valence-corrected chi connectivity index (χ4v) is 9.56. The maximum atomic E-state index is 6.17. The monoisotopic (exact) mass is 746 g/mol. The van der Waals surface area contributed by atoms with E-state index in [0.717, 1.165) is 66.5 Å². The zero-order valence-corrected chi connectivity index (χ0v) is 31.2. The summed E-state index contributed by atoms with van der Waals surface area (Å²) in [6.07, 6.45) is 0. The van der Waals surface area contributed by atoms with Crippen LogP contribution in [-0.2, 0) is 0 Å². The van der Waals surface area contributed by atoms with E-state index in [0.29, 0.717) is 17.5 Å². The zero-order chi connectivity index (χ0) is 37.5. The Hall–Kier alpha value is -7.41. The molecule has 4 aromatic heterocycles. The Morgan fingerprint density at radius 2 is 0.930 bits per heavy atom. The molecular formula is C51H30N4OS. The maximum absolute atomic E-state index is 6.17. The highest BCUT2D eigenvalue weighted by molar-refractivity contribution is 7.26. The fourth-order valence-electron chi connectivity index (χ4n) is 8.39. The van der Waals surface area contributed by atoms with E-state index < -0.39 is 0 Å². The molecule has 0 spiro atoms. The van der Waals surface area contributed by atoms with Crippen LogP contribution in [0.4, 0.5) is 0 Å². The summed E-state index contributed by atoms with van der Waals surface area (Å²) in [5.74, 6) is 1.92. The summed E-state index contributed by atoms with van der Waals surface area (Å²) in [6, 6.07) is 63.9. The van der Waals surface area contributed by atoms with Crippen LogP contribution in [0.2, 0.25) is 0 Å². The number of rotatable bonds is 5. The van der Waals surface area contributed by atoms with E-state index in [1.165, 1.54) is 30.9 Å². The lowest BCUT2D eigenvalue weighted by molar-refractivity contribution is 0.669. The van der Waals surface area contributed by atoms with Gasteiger partial charge < -0.3 is 8.98 Å². The number of fused-ring (bicyclic) bond motifs is 9. The Morgan fingerprint density at radius 3 is 1.68 bits per heavy atom. The summed E-state index contributed by atoms with van der Waals surface area (Å²) < 4.78 is 11.0. The molecule has 266 valence electrons. The molecule has 8 aromatic carbocycles. The van der Waals surface area contributed by atoms with Gasteiger partial charge in [-0.2, -0.15) is 0 Å². The van der Waals surface area contributed by atoms with Crippen LogP contribution in [0.5, 0.6) is 0 Å². The highest BCUT2D eigenvalue weighted by Crippen LogP contribution is 2.44. The summed E-state index contributed by atoms with van der Waals surface area (Å²) in [6.45, 7) is 0. The molecule has 0 saturated carbocycles. The van der Waals surface area contributed by atoms with Crippen molar-refractivity contribution in [3.63, 3.8) is 0 Å². The smallest absolute Gasteiger partial charge is 0.164 e. The Labute approximate surface area is 330 Å². The lowest BCUT2D eigenvalue weighted by atomic mass is 10.0. The first-order chi connectivity index (χ1) is 28.2. The first kappa shape index (κ1) is 31.9. The number of benzene rings is 8. The molecule has 0 atom stereocenters. The standard InChI is InChI=1S/C51H30N4OS/c1-3-13-31(14-4-1)49-52-50(32-15-5-2-6-16-32)54-51(53-49)35-29-43(48-38-19-9-12-22-46(38)57-47(48)30-35)55-41-20-10-7-17-36(41)39-27-33(23-25-42(39)55)34-24-26-45-40(28-34)37-18-8-11-21-44(37)56-45/h1-30H. The highest BCUT2D eigenvalue weighted by Gasteiger charge is 2.21. The van der Waals surface area contributed by atoms with Crippen molar-refractivity contribution in [2.75, 3.05) is 0 Å². The summed E-state index contributed by atoms with van der Waals surface area (Å²) in [5, 5.41) is 7.08. The molecule has 6 heteroatoms. The van der Waals surface area contributed by atoms with Crippen molar-refractivity contribution >= 4 is 75.3 Å². The van der Waals surface area contributed by atoms with Crippen LogP contribution in [0.25, 0.3) is 115 Å². The number of thiophene rings is 1. The lowest BCUT2D eigenvalue weighted by Crippen LogP contribution is -2.01. The molecular weight excluding hydrogens is 717 g/mol. The van der Waals surface area contributed by atoms with Crippen LogP contribution >= 0.6 is 11.3 Å². The maximum Gasteiger partial charge on any atom is 0.164 e. The molecule has 0 N–H and O–H groups in total. The first-order valence-corrected chi connectivity index (χ1v) is 19.8. The van der Waals surface area contributed by atoms with E-state index in [2.05, 4.69) is 138 Å². The van der Waals surface area contributed by atoms with Crippen LogP contribution in [0.1, 0.15) is 0 Å². The van der Waals surface area contributed by atoms with E-state index in [-0.39, 0.29) is 0 Å². The van der Waals surface area contributed by atoms with Crippen molar-refractivity contribution in [2.24, 2.45) is 0 Å². The van der Waals surface area contributed by atoms with Crippen molar-refractivity contribution < 1.29 is 4.42 Å². The summed E-state index contributed by atoms with van der Waals surface area (Å²) in [4.78, 5) is 15.3. The Morgan fingerprint density at radius 1 is 0.368 bits per heavy atom. The van der Waals surface area contributed by atoms with Crippen molar-refractivity contribution in [1.82, 2.24) is 19.5 Å². The quantitative estimate of drug-likeness (QED) is 0.176. The SMILES string of the molecule is c1ccc(-c2nc(-c3ccccc3)nc(-c3cc(-n4c5ccccc5c5cc(-c6ccc7oc8ccccc8c7c6)ccc54)c4c(c3)sc3ccccc34)n2)cc1. The van der Waals surface area contributed by atoms with Crippen LogP contribution in [0, 0.1) is 0 Å². The predicted octanol–water partition coefficient (Wildman–Crippen LogP) is 13.9. The Balaban J connectivity index is 1.11. The van der Waals surface area contributed by atoms with Crippen LogP contribution in [0.15, 0.2) is 186 Å².